The molecule has 2 atom stereocenters. The zero-order chi connectivity index (χ0) is 18.8. The van der Waals surface area contributed by atoms with Crippen LogP contribution in [-0.2, 0) is 4.74 Å². The van der Waals surface area contributed by atoms with Gasteiger partial charge in [0.05, 0.1) is 13.2 Å². The standard InChI is InChI=1S/C22H39N3O/c1-5-7-9-10-11-20-17-21(12-8-6-2)22(24(4)18-20)23-19(3)25-13-15-26-16-14-25/h8,12,18-19,21H,5-7,9-11,13-17H2,1-4H3/b12-8?,23-22+. The summed E-state index contributed by atoms with van der Waals surface area (Å²) in [5, 5.41) is 0. The maximum absolute atomic E-state index is 5.48. The molecule has 1 saturated heterocycles. The number of ether oxygens (including phenoxy) is 1. The predicted molar refractivity (Wildman–Crippen MR) is 111 cm³/mol. The van der Waals surface area contributed by atoms with Crippen molar-refractivity contribution in [2.24, 2.45) is 10.9 Å². The van der Waals surface area contributed by atoms with E-state index in [9.17, 15) is 0 Å². The Morgan fingerprint density at radius 1 is 1.23 bits per heavy atom. The lowest BCUT2D eigenvalue weighted by Crippen LogP contribution is -2.43. The molecule has 1 fully saturated rings. The zero-order valence-electron chi connectivity index (χ0n) is 17.4. The molecule has 26 heavy (non-hydrogen) atoms. The third kappa shape index (κ3) is 6.55. The molecule has 0 amide bonds. The lowest BCUT2D eigenvalue weighted by Gasteiger charge is -2.34. The molecule has 4 nitrogen and oxygen atoms in total. The van der Waals surface area contributed by atoms with Crippen LogP contribution in [0.5, 0.6) is 0 Å². The minimum atomic E-state index is 0.216. The fraction of sp³-hybridized carbons (Fsp3) is 0.773. The van der Waals surface area contributed by atoms with Gasteiger partial charge >= 0.3 is 0 Å². The first-order valence-electron chi connectivity index (χ1n) is 10.6. The second-order valence-electron chi connectivity index (χ2n) is 7.62. The molecule has 0 bridgehead atoms. The number of morpholine rings is 1. The van der Waals surface area contributed by atoms with Crippen LogP contribution in [0, 0.1) is 5.92 Å². The largest absolute Gasteiger partial charge is 0.379 e. The highest BCUT2D eigenvalue weighted by atomic mass is 16.5. The number of aliphatic imine (C=N–C) groups is 1. The van der Waals surface area contributed by atoms with E-state index in [4.69, 9.17) is 9.73 Å². The van der Waals surface area contributed by atoms with Crippen molar-refractivity contribution in [1.82, 2.24) is 9.80 Å². The van der Waals surface area contributed by atoms with Crippen LogP contribution >= 0.6 is 0 Å². The van der Waals surface area contributed by atoms with Gasteiger partial charge in [0, 0.05) is 32.3 Å². The molecule has 2 unspecified atom stereocenters. The molecule has 4 heteroatoms. The summed E-state index contributed by atoms with van der Waals surface area (Å²) in [6.45, 7) is 10.3. The minimum Gasteiger partial charge on any atom is -0.379 e. The van der Waals surface area contributed by atoms with E-state index in [1.807, 2.05) is 0 Å². The topological polar surface area (TPSA) is 28.1 Å². The zero-order valence-corrected chi connectivity index (χ0v) is 17.4. The van der Waals surface area contributed by atoms with Crippen molar-refractivity contribution in [3.05, 3.63) is 23.9 Å². The second kappa shape index (κ2) is 11.6. The van der Waals surface area contributed by atoms with Gasteiger partial charge in [-0.25, -0.2) is 0 Å². The van der Waals surface area contributed by atoms with Crippen molar-refractivity contribution in [3.8, 4) is 0 Å². The van der Waals surface area contributed by atoms with Gasteiger partial charge in [0.25, 0.3) is 0 Å². The average molecular weight is 362 g/mol. The molecule has 0 aromatic carbocycles. The van der Waals surface area contributed by atoms with E-state index in [0.717, 1.165) is 39.1 Å². The minimum absolute atomic E-state index is 0.216. The highest BCUT2D eigenvalue weighted by molar-refractivity contribution is 5.88. The molecule has 2 aliphatic heterocycles. The number of hydrogen-bond donors (Lipinski definition) is 0. The van der Waals surface area contributed by atoms with Crippen LogP contribution in [0.3, 0.4) is 0 Å². The number of unbranched alkanes of at least 4 members (excludes halogenated alkanes) is 3. The molecular formula is C22H39N3O. The fourth-order valence-corrected chi connectivity index (χ4v) is 3.84. The monoisotopic (exact) mass is 361 g/mol. The van der Waals surface area contributed by atoms with Gasteiger partial charge in [0.2, 0.25) is 0 Å². The molecule has 0 spiro atoms. The van der Waals surface area contributed by atoms with E-state index < -0.39 is 0 Å². The molecular weight excluding hydrogens is 322 g/mol. The Kier molecular flexibility index (Phi) is 9.41. The van der Waals surface area contributed by atoms with Crippen LogP contribution in [0.25, 0.3) is 0 Å². The summed E-state index contributed by atoms with van der Waals surface area (Å²) in [4.78, 5) is 9.84. The highest BCUT2D eigenvalue weighted by Gasteiger charge is 2.25. The number of amidine groups is 1. The molecule has 0 saturated carbocycles. The van der Waals surface area contributed by atoms with Gasteiger partial charge < -0.3 is 9.64 Å². The maximum atomic E-state index is 5.48. The molecule has 0 N–H and O–H groups in total. The van der Waals surface area contributed by atoms with Gasteiger partial charge in [-0.3, -0.25) is 9.89 Å². The quantitative estimate of drug-likeness (QED) is 0.435. The Morgan fingerprint density at radius 3 is 2.69 bits per heavy atom. The van der Waals surface area contributed by atoms with Gasteiger partial charge in [0.15, 0.2) is 0 Å². The van der Waals surface area contributed by atoms with Crippen molar-refractivity contribution in [1.29, 1.82) is 0 Å². The van der Waals surface area contributed by atoms with Crippen molar-refractivity contribution < 1.29 is 4.74 Å². The first kappa shape index (κ1) is 21.2. The summed E-state index contributed by atoms with van der Waals surface area (Å²) < 4.78 is 5.48. The van der Waals surface area contributed by atoms with Crippen LogP contribution in [0.15, 0.2) is 28.9 Å². The van der Waals surface area contributed by atoms with E-state index in [1.54, 1.807) is 5.57 Å². The van der Waals surface area contributed by atoms with E-state index in [0.29, 0.717) is 5.92 Å². The number of rotatable bonds is 9. The number of nitrogens with zero attached hydrogens (tertiary/aromatic N) is 3. The predicted octanol–water partition coefficient (Wildman–Crippen LogP) is 4.84. The Balaban J connectivity index is 2.07. The summed E-state index contributed by atoms with van der Waals surface area (Å²) in [7, 11) is 2.17. The van der Waals surface area contributed by atoms with Gasteiger partial charge in [-0.15, -0.1) is 0 Å². The van der Waals surface area contributed by atoms with Crippen molar-refractivity contribution >= 4 is 5.84 Å². The van der Waals surface area contributed by atoms with Crippen LogP contribution in [0.1, 0.15) is 65.7 Å². The third-order valence-corrected chi connectivity index (χ3v) is 5.40. The van der Waals surface area contributed by atoms with Crippen molar-refractivity contribution in [2.75, 3.05) is 33.4 Å². The van der Waals surface area contributed by atoms with E-state index >= 15 is 0 Å². The average Bonchev–Trinajstić information content (AvgIpc) is 2.66. The molecule has 0 aromatic heterocycles. The Bertz CT molecular complexity index is 492. The van der Waals surface area contributed by atoms with Gasteiger partial charge in [0.1, 0.15) is 12.0 Å². The summed E-state index contributed by atoms with van der Waals surface area (Å²) in [5.41, 5.74) is 1.58. The number of hydrogen-bond acceptors (Lipinski definition) is 3. The molecule has 0 aromatic rings. The smallest absolute Gasteiger partial charge is 0.112 e. The first-order chi connectivity index (χ1) is 12.7. The summed E-state index contributed by atoms with van der Waals surface area (Å²) >= 11 is 0. The lowest BCUT2D eigenvalue weighted by molar-refractivity contribution is 0.0217. The molecule has 2 aliphatic rings. The molecule has 0 radical (unpaired) electrons. The number of allylic oxidation sites excluding steroid dienone is 2. The Morgan fingerprint density at radius 2 is 2.00 bits per heavy atom. The van der Waals surface area contributed by atoms with E-state index in [-0.39, 0.29) is 6.17 Å². The van der Waals surface area contributed by atoms with Crippen LogP contribution in [-0.4, -0.2) is 55.2 Å². The third-order valence-electron chi connectivity index (χ3n) is 5.40. The van der Waals surface area contributed by atoms with Crippen molar-refractivity contribution in [3.63, 3.8) is 0 Å². The van der Waals surface area contributed by atoms with Crippen molar-refractivity contribution in [2.45, 2.75) is 71.9 Å². The highest BCUT2D eigenvalue weighted by Crippen LogP contribution is 2.28. The van der Waals surface area contributed by atoms with Crippen LogP contribution in [0.4, 0.5) is 0 Å². The van der Waals surface area contributed by atoms with Gasteiger partial charge in [-0.1, -0.05) is 50.8 Å². The van der Waals surface area contributed by atoms with Crippen LogP contribution < -0.4 is 0 Å². The summed E-state index contributed by atoms with van der Waals surface area (Å²) in [5.74, 6) is 1.63. The second-order valence-corrected chi connectivity index (χ2v) is 7.62. The Hall–Kier alpha value is -1.13. The van der Waals surface area contributed by atoms with Gasteiger partial charge in [-0.05, 0) is 32.6 Å². The van der Waals surface area contributed by atoms with E-state index in [2.05, 4.69) is 56.0 Å². The normalized spacial score (nSPS) is 25.1. The first-order valence-corrected chi connectivity index (χ1v) is 10.6. The molecule has 2 heterocycles. The molecule has 148 valence electrons. The fourth-order valence-electron chi connectivity index (χ4n) is 3.84. The molecule has 0 aliphatic carbocycles. The Labute approximate surface area is 161 Å². The van der Waals surface area contributed by atoms with E-state index in [1.165, 1.54) is 37.9 Å². The summed E-state index contributed by atoms with van der Waals surface area (Å²) in [6.07, 6.45) is 16.0. The molecule has 2 rings (SSSR count). The van der Waals surface area contributed by atoms with Gasteiger partial charge in [-0.2, -0.15) is 0 Å². The SMILES string of the molecule is CCC=CC1CC(CCCCCC)=CN(C)/C1=N/C(C)N1CCOCC1. The summed E-state index contributed by atoms with van der Waals surface area (Å²) in [6, 6.07) is 0. The van der Waals surface area contributed by atoms with Crippen LogP contribution in [0.2, 0.25) is 0 Å². The lowest BCUT2D eigenvalue weighted by atomic mass is 9.91. The maximum Gasteiger partial charge on any atom is 0.112 e.